The van der Waals surface area contributed by atoms with E-state index < -0.39 is 0 Å². The first-order valence-corrected chi connectivity index (χ1v) is 9.73. The Hall–Kier alpha value is -3.06. The molecule has 0 amide bonds. The molecule has 2 aromatic heterocycles. The smallest absolute Gasteiger partial charge is 0.164 e. The second-order valence-electron chi connectivity index (χ2n) is 6.64. The van der Waals surface area contributed by atoms with Crippen molar-refractivity contribution < 1.29 is 14.2 Å². The second kappa shape index (κ2) is 6.53. The van der Waals surface area contributed by atoms with Gasteiger partial charge in [-0.25, -0.2) is 14.4 Å². The molecule has 0 unspecified atom stereocenters. The summed E-state index contributed by atoms with van der Waals surface area (Å²) in [6.45, 7) is 0.413. The van der Waals surface area contributed by atoms with Gasteiger partial charge in [-0.2, -0.15) is 0 Å². The number of hydrogen-bond donors (Lipinski definition) is 1. The number of aromatic hydroxyl groups is 1. The Bertz CT molecular complexity index is 1210. The van der Waals surface area contributed by atoms with Crippen LogP contribution in [0.2, 0.25) is 0 Å². The summed E-state index contributed by atoms with van der Waals surface area (Å²) in [5.41, 5.74) is 4.19. The number of thioether (sulfide) groups is 1. The number of benzene rings is 2. The zero-order valence-corrected chi connectivity index (χ0v) is 15.8. The van der Waals surface area contributed by atoms with Crippen LogP contribution < -0.4 is 4.74 Å². The maximum absolute atomic E-state index is 13.6. The van der Waals surface area contributed by atoms with E-state index in [1.165, 1.54) is 13.2 Å². The van der Waals surface area contributed by atoms with Gasteiger partial charge in [-0.05, 0) is 35.9 Å². The van der Waals surface area contributed by atoms with Crippen molar-refractivity contribution >= 4 is 22.7 Å². The van der Waals surface area contributed by atoms with Crippen molar-refractivity contribution in [3.05, 3.63) is 66.0 Å². The van der Waals surface area contributed by atoms with Crippen LogP contribution in [0.4, 0.5) is 4.39 Å². The number of pyridine rings is 1. The Labute approximate surface area is 164 Å². The average Bonchev–Trinajstić information content (AvgIpc) is 3.21. The van der Waals surface area contributed by atoms with Gasteiger partial charge in [0.15, 0.2) is 11.5 Å². The Morgan fingerprint density at radius 2 is 2.18 bits per heavy atom. The van der Waals surface area contributed by atoms with Crippen molar-refractivity contribution in [2.24, 2.45) is 0 Å². The number of hydrogen-bond acceptors (Lipinski definition) is 5. The number of rotatable bonds is 3. The Kier molecular flexibility index (Phi) is 3.98. The van der Waals surface area contributed by atoms with Crippen LogP contribution in [0.3, 0.4) is 0 Å². The molecule has 7 heteroatoms. The maximum Gasteiger partial charge on any atom is 0.164 e. The van der Waals surface area contributed by atoms with Gasteiger partial charge in [0.2, 0.25) is 0 Å². The summed E-state index contributed by atoms with van der Waals surface area (Å²) in [5.74, 6) is 0.948. The molecule has 1 N–H and O–H groups in total. The standard InChI is InChI=1S/C21H16FN3O2S/c1-27-17-7-12-6-13-10-28-18-8-14(22)2-3-15(18)20(13)24-19(12)16(21(17)26)9-25-5-4-23-11-25/h2-8,11,26H,9-10H2,1H3. The van der Waals surface area contributed by atoms with Crippen molar-refractivity contribution in [2.75, 3.05) is 7.11 Å². The molecule has 4 aromatic rings. The molecule has 0 saturated carbocycles. The van der Waals surface area contributed by atoms with Crippen molar-refractivity contribution in [3.8, 4) is 22.8 Å². The minimum atomic E-state index is -0.251. The molecular weight excluding hydrogens is 377 g/mol. The van der Waals surface area contributed by atoms with Crippen LogP contribution in [0.15, 0.2) is 53.9 Å². The third-order valence-electron chi connectivity index (χ3n) is 4.92. The highest BCUT2D eigenvalue weighted by Crippen LogP contribution is 2.44. The summed E-state index contributed by atoms with van der Waals surface area (Å²) in [7, 11) is 1.54. The first kappa shape index (κ1) is 17.1. The lowest BCUT2D eigenvalue weighted by atomic mass is 10.0. The molecule has 0 atom stereocenters. The van der Waals surface area contributed by atoms with E-state index in [-0.39, 0.29) is 11.6 Å². The van der Waals surface area contributed by atoms with Crippen molar-refractivity contribution in [1.29, 1.82) is 0 Å². The number of nitrogens with zero attached hydrogens (tertiary/aromatic N) is 3. The highest BCUT2D eigenvalue weighted by Gasteiger charge is 2.22. The molecular formula is C21H16FN3O2S. The van der Waals surface area contributed by atoms with Crippen LogP contribution in [0, 0.1) is 5.82 Å². The van der Waals surface area contributed by atoms with E-state index in [1.807, 2.05) is 10.8 Å². The molecule has 5 nitrogen and oxygen atoms in total. The Morgan fingerprint density at radius 3 is 2.96 bits per heavy atom. The van der Waals surface area contributed by atoms with Gasteiger partial charge in [0.05, 0.1) is 31.2 Å². The zero-order valence-electron chi connectivity index (χ0n) is 15.0. The van der Waals surface area contributed by atoms with Gasteiger partial charge in [0.25, 0.3) is 0 Å². The van der Waals surface area contributed by atoms with E-state index >= 15 is 0 Å². The van der Waals surface area contributed by atoms with Gasteiger partial charge in [0, 0.05) is 39.6 Å². The minimum absolute atomic E-state index is 0.0701. The fraction of sp³-hybridized carbons (Fsp3) is 0.143. The highest BCUT2D eigenvalue weighted by molar-refractivity contribution is 7.98. The summed E-state index contributed by atoms with van der Waals surface area (Å²) in [4.78, 5) is 9.87. The van der Waals surface area contributed by atoms with E-state index in [0.29, 0.717) is 23.4 Å². The zero-order chi connectivity index (χ0) is 19.3. The normalized spacial score (nSPS) is 12.6. The monoisotopic (exact) mass is 393 g/mol. The maximum atomic E-state index is 13.6. The summed E-state index contributed by atoms with van der Waals surface area (Å²) >= 11 is 1.60. The summed E-state index contributed by atoms with van der Waals surface area (Å²) in [6.07, 6.45) is 5.21. The molecule has 1 aliphatic heterocycles. The van der Waals surface area contributed by atoms with Crippen molar-refractivity contribution in [1.82, 2.24) is 14.5 Å². The molecule has 140 valence electrons. The van der Waals surface area contributed by atoms with Gasteiger partial charge in [-0.15, -0.1) is 11.8 Å². The molecule has 0 bridgehead atoms. The molecule has 0 saturated heterocycles. The highest BCUT2D eigenvalue weighted by atomic mass is 32.2. The largest absolute Gasteiger partial charge is 0.504 e. The number of imidazole rings is 1. The molecule has 0 spiro atoms. The van der Waals surface area contributed by atoms with Crippen molar-refractivity contribution in [2.45, 2.75) is 17.2 Å². The average molecular weight is 393 g/mol. The van der Waals surface area contributed by atoms with Gasteiger partial charge >= 0.3 is 0 Å². The molecule has 5 rings (SSSR count). The first-order chi connectivity index (χ1) is 13.6. The summed E-state index contributed by atoms with van der Waals surface area (Å²) in [6, 6.07) is 8.66. The molecule has 0 radical (unpaired) electrons. The summed E-state index contributed by atoms with van der Waals surface area (Å²) in [5, 5.41) is 11.7. The van der Waals surface area contributed by atoms with Crippen LogP contribution in [0.1, 0.15) is 11.1 Å². The molecule has 2 aromatic carbocycles. The number of methoxy groups -OCH3 is 1. The molecule has 1 aliphatic rings. The number of phenolic OH excluding ortho intramolecular Hbond substituents is 1. The number of fused-ring (bicyclic) bond motifs is 4. The van der Waals surface area contributed by atoms with E-state index in [9.17, 15) is 9.50 Å². The van der Waals surface area contributed by atoms with Crippen LogP contribution in [-0.2, 0) is 12.3 Å². The Morgan fingerprint density at radius 1 is 1.29 bits per heavy atom. The van der Waals surface area contributed by atoms with Crippen molar-refractivity contribution in [3.63, 3.8) is 0 Å². The predicted octanol–water partition coefficient (Wildman–Crippen LogP) is 4.61. The van der Waals surface area contributed by atoms with E-state index in [4.69, 9.17) is 9.72 Å². The van der Waals surface area contributed by atoms with Crippen LogP contribution in [0.5, 0.6) is 11.5 Å². The molecule has 3 heterocycles. The predicted molar refractivity (Wildman–Crippen MR) is 106 cm³/mol. The lowest BCUT2D eigenvalue weighted by Gasteiger charge is -2.21. The van der Waals surface area contributed by atoms with Gasteiger partial charge < -0.3 is 14.4 Å². The third kappa shape index (κ3) is 2.70. The van der Waals surface area contributed by atoms with Crippen LogP contribution >= 0.6 is 11.8 Å². The SMILES string of the molecule is COc1cc2cc3c(nc2c(Cn2ccnc2)c1O)-c1ccc(F)cc1SC3. The molecule has 28 heavy (non-hydrogen) atoms. The van der Waals surface area contributed by atoms with Gasteiger partial charge in [-0.1, -0.05) is 0 Å². The third-order valence-corrected chi connectivity index (χ3v) is 6.03. The number of phenols is 1. The van der Waals surface area contributed by atoms with E-state index in [1.54, 1.807) is 42.5 Å². The van der Waals surface area contributed by atoms with Crippen LogP contribution in [0.25, 0.3) is 22.2 Å². The fourth-order valence-corrected chi connectivity index (χ4v) is 4.62. The number of halogens is 1. The number of ether oxygens (including phenoxy) is 1. The Balaban J connectivity index is 1.77. The first-order valence-electron chi connectivity index (χ1n) is 8.75. The van der Waals surface area contributed by atoms with E-state index in [2.05, 4.69) is 11.1 Å². The van der Waals surface area contributed by atoms with Gasteiger partial charge in [0.1, 0.15) is 5.82 Å². The lowest BCUT2D eigenvalue weighted by molar-refractivity contribution is 0.371. The second-order valence-corrected chi connectivity index (χ2v) is 7.66. The molecule has 0 aliphatic carbocycles. The lowest BCUT2D eigenvalue weighted by Crippen LogP contribution is -2.04. The topological polar surface area (TPSA) is 60.2 Å². The number of aromatic nitrogens is 3. The van der Waals surface area contributed by atoms with E-state index in [0.717, 1.165) is 32.9 Å². The van der Waals surface area contributed by atoms with Gasteiger partial charge in [-0.3, -0.25) is 0 Å². The quantitative estimate of drug-likeness (QED) is 0.551. The molecule has 0 fully saturated rings. The fourth-order valence-electron chi connectivity index (χ4n) is 3.57. The summed E-state index contributed by atoms with van der Waals surface area (Å²) < 4.78 is 20.9. The van der Waals surface area contributed by atoms with Crippen LogP contribution in [-0.4, -0.2) is 26.8 Å². The minimum Gasteiger partial charge on any atom is -0.504 e.